The van der Waals surface area contributed by atoms with Crippen molar-refractivity contribution in [3.63, 3.8) is 0 Å². The van der Waals surface area contributed by atoms with Crippen LogP contribution in [0.25, 0.3) is 5.69 Å². The van der Waals surface area contributed by atoms with Crippen LogP contribution in [0, 0.1) is 12.7 Å². The van der Waals surface area contributed by atoms with E-state index in [4.69, 9.17) is 0 Å². The molecule has 2 aromatic rings. The van der Waals surface area contributed by atoms with Crippen LogP contribution in [0.4, 0.5) is 4.39 Å². The highest BCUT2D eigenvalue weighted by Gasteiger charge is 2.06. The molecule has 0 spiro atoms. The fourth-order valence-corrected chi connectivity index (χ4v) is 1.61. The maximum absolute atomic E-state index is 13.3. The van der Waals surface area contributed by atoms with Gasteiger partial charge in [0.25, 0.3) is 0 Å². The summed E-state index contributed by atoms with van der Waals surface area (Å²) >= 11 is 0. The molecule has 0 atom stereocenters. The van der Waals surface area contributed by atoms with Crippen molar-refractivity contribution in [3.05, 3.63) is 41.5 Å². The van der Waals surface area contributed by atoms with Gasteiger partial charge in [0.15, 0.2) is 0 Å². The van der Waals surface area contributed by atoms with Crippen molar-refractivity contribution >= 4 is 0 Å². The fourth-order valence-electron chi connectivity index (χ4n) is 1.61. The number of hydrogen-bond donors (Lipinski definition) is 1. The van der Waals surface area contributed by atoms with Crippen LogP contribution in [0.5, 0.6) is 0 Å². The lowest BCUT2D eigenvalue weighted by atomic mass is 10.2. The molecule has 84 valence electrons. The van der Waals surface area contributed by atoms with Gasteiger partial charge in [-0.1, -0.05) is 5.21 Å². The highest BCUT2D eigenvalue weighted by Crippen LogP contribution is 2.13. The molecule has 0 radical (unpaired) electrons. The number of hydrogen-bond acceptors (Lipinski definition) is 3. The average Bonchev–Trinajstić information content (AvgIpc) is 2.65. The number of halogens is 1. The first-order valence-electron chi connectivity index (χ1n) is 5.02. The molecule has 4 nitrogen and oxygen atoms in total. The first-order valence-corrected chi connectivity index (χ1v) is 5.02. The van der Waals surface area contributed by atoms with Gasteiger partial charge in [0.2, 0.25) is 0 Å². The Morgan fingerprint density at radius 3 is 2.88 bits per heavy atom. The van der Waals surface area contributed by atoms with Gasteiger partial charge < -0.3 is 5.32 Å². The molecule has 0 bridgehead atoms. The lowest BCUT2D eigenvalue weighted by molar-refractivity contribution is 0.621. The summed E-state index contributed by atoms with van der Waals surface area (Å²) in [6.45, 7) is 2.49. The van der Waals surface area contributed by atoms with E-state index in [0.717, 1.165) is 11.3 Å². The molecule has 0 aliphatic heterocycles. The van der Waals surface area contributed by atoms with Crippen LogP contribution in [0.15, 0.2) is 24.4 Å². The molecular weight excluding hydrogens is 207 g/mol. The Morgan fingerprint density at radius 2 is 2.19 bits per heavy atom. The predicted molar refractivity (Wildman–Crippen MR) is 58.8 cm³/mol. The van der Waals surface area contributed by atoms with Gasteiger partial charge in [0, 0.05) is 6.54 Å². The summed E-state index contributed by atoms with van der Waals surface area (Å²) in [6, 6.07) is 4.80. The highest BCUT2D eigenvalue weighted by atomic mass is 19.1. The standard InChI is InChI=1S/C11H13FN4/c1-8-3-9(12)5-10(4-8)16-11(6-13-2)7-14-15-16/h3-5,7,13H,6H2,1-2H3. The molecular formula is C11H13FN4. The summed E-state index contributed by atoms with van der Waals surface area (Å²) in [5, 5.41) is 10.8. The second-order valence-corrected chi connectivity index (χ2v) is 3.65. The van der Waals surface area contributed by atoms with E-state index < -0.39 is 0 Å². The van der Waals surface area contributed by atoms with Crippen LogP contribution in [0.3, 0.4) is 0 Å². The smallest absolute Gasteiger partial charge is 0.125 e. The molecule has 16 heavy (non-hydrogen) atoms. The number of aromatic nitrogens is 3. The van der Waals surface area contributed by atoms with E-state index >= 15 is 0 Å². The molecule has 0 unspecified atom stereocenters. The van der Waals surface area contributed by atoms with Crippen molar-refractivity contribution in [2.24, 2.45) is 0 Å². The van der Waals surface area contributed by atoms with E-state index in [0.29, 0.717) is 12.2 Å². The Morgan fingerprint density at radius 1 is 1.38 bits per heavy atom. The van der Waals surface area contributed by atoms with Crippen LogP contribution in [0.2, 0.25) is 0 Å². The summed E-state index contributed by atoms with van der Waals surface area (Å²) < 4.78 is 14.9. The number of aryl methyl sites for hydroxylation is 1. The molecule has 0 saturated carbocycles. The molecule has 1 heterocycles. The molecule has 5 heteroatoms. The van der Waals surface area contributed by atoms with Crippen molar-refractivity contribution in [2.45, 2.75) is 13.5 Å². The van der Waals surface area contributed by atoms with Crippen molar-refractivity contribution < 1.29 is 4.39 Å². The third-order valence-electron chi connectivity index (χ3n) is 2.25. The van der Waals surface area contributed by atoms with Crippen molar-refractivity contribution in [1.82, 2.24) is 20.3 Å². The van der Waals surface area contributed by atoms with Crippen molar-refractivity contribution in [3.8, 4) is 5.69 Å². The molecule has 0 amide bonds. The summed E-state index contributed by atoms with van der Waals surface area (Å²) in [5.74, 6) is -0.263. The molecule has 0 saturated heterocycles. The Labute approximate surface area is 93.1 Å². The van der Waals surface area contributed by atoms with E-state index in [2.05, 4.69) is 15.6 Å². The quantitative estimate of drug-likeness (QED) is 0.851. The SMILES string of the molecule is CNCc1cnnn1-c1cc(C)cc(F)c1. The Bertz CT molecular complexity index is 472. The van der Waals surface area contributed by atoms with Gasteiger partial charge in [-0.05, 0) is 37.7 Å². The van der Waals surface area contributed by atoms with Gasteiger partial charge in [0.05, 0.1) is 17.6 Å². The Hall–Kier alpha value is -1.75. The highest BCUT2D eigenvalue weighted by molar-refractivity contribution is 5.36. The normalized spacial score (nSPS) is 10.7. The molecule has 1 N–H and O–H groups in total. The minimum atomic E-state index is -0.263. The molecule has 0 fully saturated rings. The first-order chi connectivity index (χ1) is 7.70. The maximum Gasteiger partial charge on any atom is 0.125 e. The van der Waals surface area contributed by atoms with Crippen LogP contribution in [-0.4, -0.2) is 22.0 Å². The van der Waals surface area contributed by atoms with Gasteiger partial charge in [-0.25, -0.2) is 9.07 Å². The number of nitrogens with zero attached hydrogens (tertiary/aromatic N) is 3. The second kappa shape index (κ2) is 4.40. The Balaban J connectivity index is 2.45. The van der Waals surface area contributed by atoms with E-state index in [9.17, 15) is 4.39 Å². The largest absolute Gasteiger partial charge is 0.314 e. The summed E-state index contributed by atoms with van der Waals surface area (Å²) in [6.07, 6.45) is 1.66. The number of benzene rings is 1. The molecule has 0 aliphatic rings. The van der Waals surface area contributed by atoms with E-state index in [1.54, 1.807) is 10.9 Å². The average molecular weight is 220 g/mol. The molecule has 1 aromatic heterocycles. The number of rotatable bonds is 3. The topological polar surface area (TPSA) is 42.7 Å². The number of nitrogens with one attached hydrogen (secondary N) is 1. The van der Waals surface area contributed by atoms with Crippen molar-refractivity contribution in [2.75, 3.05) is 7.05 Å². The summed E-state index contributed by atoms with van der Waals surface area (Å²) in [7, 11) is 1.84. The van der Waals surface area contributed by atoms with Crippen LogP contribution in [0.1, 0.15) is 11.3 Å². The van der Waals surface area contributed by atoms with Gasteiger partial charge in [-0.3, -0.25) is 0 Å². The maximum atomic E-state index is 13.3. The second-order valence-electron chi connectivity index (χ2n) is 3.65. The first kappa shape index (κ1) is 10.8. The minimum absolute atomic E-state index is 0.263. The molecule has 1 aromatic carbocycles. The predicted octanol–water partition coefficient (Wildman–Crippen LogP) is 1.43. The monoisotopic (exact) mass is 220 g/mol. The summed E-state index contributed by atoms with van der Waals surface area (Å²) in [4.78, 5) is 0. The Kier molecular flexibility index (Phi) is 2.96. The minimum Gasteiger partial charge on any atom is -0.314 e. The molecule has 0 aliphatic carbocycles. The zero-order chi connectivity index (χ0) is 11.5. The van der Waals surface area contributed by atoms with Crippen LogP contribution < -0.4 is 5.32 Å². The van der Waals surface area contributed by atoms with Gasteiger partial charge >= 0.3 is 0 Å². The fraction of sp³-hybridized carbons (Fsp3) is 0.273. The third kappa shape index (κ3) is 2.09. The zero-order valence-electron chi connectivity index (χ0n) is 9.24. The lowest BCUT2D eigenvalue weighted by Gasteiger charge is -2.06. The summed E-state index contributed by atoms with van der Waals surface area (Å²) in [5.41, 5.74) is 2.45. The van der Waals surface area contributed by atoms with E-state index in [1.807, 2.05) is 20.0 Å². The molecule has 2 rings (SSSR count). The van der Waals surface area contributed by atoms with E-state index in [-0.39, 0.29) is 5.82 Å². The van der Waals surface area contributed by atoms with Crippen molar-refractivity contribution in [1.29, 1.82) is 0 Å². The van der Waals surface area contributed by atoms with Gasteiger partial charge in [-0.2, -0.15) is 0 Å². The lowest BCUT2D eigenvalue weighted by Crippen LogP contribution is -2.11. The van der Waals surface area contributed by atoms with E-state index in [1.165, 1.54) is 12.1 Å². The van der Waals surface area contributed by atoms with Gasteiger partial charge in [0.1, 0.15) is 5.82 Å². The third-order valence-corrected chi connectivity index (χ3v) is 2.25. The van der Waals surface area contributed by atoms with Crippen LogP contribution in [-0.2, 0) is 6.54 Å². The van der Waals surface area contributed by atoms with Crippen LogP contribution >= 0.6 is 0 Å². The zero-order valence-corrected chi connectivity index (χ0v) is 9.24. The van der Waals surface area contributed by atoms with Gasteiger partial charge in [-0.15, -0.1) is 5.10 Å².